The van der Waals surface area contributed by atoms with E-state index in [2.05, 4.69) is 5.32 Å². The molecule has 4 atom stereocenters. The molecule has 0 amide bonds. The Labute approximate surface area is 89.4 Å². The number of hydrogen-bond donors (Lipinski definition) is 3. The number of rotatable bonds is 5. The third-order valence-corrected chi connectivity index (χ3v) is 2.69. The lowest BCUT2D eigenvalue weighted by atomic mass is 10.0. The molecule has 0 radical (unpaired) electrons. The Bertz CT molecular complexity index is 221. The molecule has 0 spiro atoms. The maximum absolute atomic E-state index is 11.2. The second-order valence-corrected chi connectivity index (χ2v) is 3.85. The summed E-state index contributed by atoms with van der Waals surface area (Å²) in [5.41, 5.74) is 0. The van der Waals surface area contributed by atoms with Crippen LogP contribution in [0.1, 0.15) is 19.8 Å². The molecule has 0 saturated carbocycles. The van der Waals surface area contributed by atoms with Gasteiger partial charge in [0.25, 0.3) is 0 Å². The summed E-state index contributed by atoms with van der Waals surface area (Å²) in [6.45, 7) is 2.24. The molecule has 0 aromatic carbocycles. The summed E-state index contributed by atoms with van der Waals surface area (Å²) in [6.07, 6.45) is -2.26. The smallest absolute Gasteiger partial charge is 0.135 e. The molecule has 0 bridgehead atoms. The molecule has 1 aliphatic heterocycles. The van der Waals surface area contributed by atoms with Gasteiger partial charge >= 0.3 is 0 Å². The van der Waals surface area contributed by atoms with E-state index in [1.165, 1.54) is 0 Å². The van der Waals surface area contributed by atoms with Gasteiger partial charge in [-0.1, -0.05) is 6.92 Å². The first-order valence-corrected chi connectivity index (χ1v) is 5.28. The topological polar surface area (TPSA) is 78.8 Å². The highest BCUT2D eigenvalue weighted by Crippen LogP contribution is 2.23. The van der Waals surface area contributed by atoms with Gasteiger partial charge in [0.2, 0.25) is 0 Å². The maximum Gasteiger partial charge on any atom is 0.135 e. The van der Waals surface area contributed by atoms with Crippen LogP contribution in [-0.4, -0.2) is 54.0 Å². The second kappa shape index (κ2) is 5.55. The predicted octanol–water partition coefficient (Wildman–Crippen LogP) is -0.936. The lowest BCUT2D eigenvalue weighted by Crippen LogP contribution is -2.37. The van der Waals surface area contributed by atoms with Crippen LogP contribution < -0.4 is 5.32 Å². The number of carbonyl (C=O) groups is 1. The number of aliphatic hydroxyl groups is 2. The molecule has 0 aromatic heterocycles. The van der Waals surface area contributed by atoms with Crippen molar-refractivity contribution >= 4 is 5.78 Å². The Morgan fingerprint density at radius 2 is 1.93 bits per heavy atom. The lowest BCUT2D eigenvalue weighted by Gasteiger charge is -2.13. The average molecular weight is 217 g/mol. The second-order valence-electron chi connectivity index (χ2n) is 3.85. The zero-order chi connectivity index (χ0) is 11.4. The van der Waals surface area contributed by atoms with Crippen molar-refractivity contribution in [1.29, 1.82) is 0 Å². The number of likely N-dealkylation sites (N-methyl/N-ethyl adjacent to an activating group) is 1. The Balaban J connectivity index is 2.51. The standard InChI is InChI=1S/C10H19NO4/c1-3-6(12)4-7-9(13)10(14)8(15-7)5-11-2/h7-11,13-14H,3-5H2,1-2H3/t7-,8+,9?,10?/m0/s1. The normalized spacial score (nSPS) is 35.7. The maximum atomic E-state index is 11.2. The van der Waals surface area contributed by atoms with E-state index in [-0.39, 0.29) is 12.2 Å². The fourth-order valence-electron chi connectivity index (χ4n) is 1.73. The summed E-state index contributed by atoms with van der Waals surface area (Å²) in [7, 11) is 1.74. The molecule has 1 fully saturated rings. The van der Waals surface area contributed by atoms with Crippen LogP contribution in [-0.2, 0) is 9.53 Å². The largest absolute Gasteiger partial charge is 0.388 e. The predicted molar refractivity (Wildman–Crippen MR) is 54.5 cm³/mol. The molecule has 5 heteroatoms. The third-order valence-electron chi connectivity index (χ3n) is 2.69. The van der Waals surface area contributed by atoms with Crippen molar-refractivity contribution in [2.24, 2.45) is 0 Å². The molecular weight excluding hydrogens is 198 g/mol. The van der Waals surface area contributed by atoms with Crippen molar-refractivity contribution < 1.29 is 19.7 Å². The summed E-state index contributed by atoms with van der Waals surface area (Å²) < 4.78 is 5.42. The molecule has 1 heterocycles. The van der Waals surface area contributed by atoms with E-state index in [0.29, 0.717) is 13.0 Å². The molecule has 5 nitrogen and oxygen atoms in total. The number of ketones is 1. The minimum atomic E-state index is -0.959. The molecule has 1 aliphatic rings. The number of Topliss-reactive ketones (excluding diaryl/α,β-unsaturated/α-hetero) is 1. The molecule has 15 heavy (non-hydrogen) atoms. The highest BCUT2D eigenvalue weighted by molar-refractivity contribution is 5.78. The van der Waals surface area contributed by atoms with Crippen molar-refractivity contribution in [2.75, 3.05) is 13.6 Å². The van der Waals surface area contributed by atoms with Gasteiger partial charge in [-0.25, -0.2) is 0 Å². The monoisotopic (exact) mass is 217 g/mol. The average Bonchev–Trinajstić information content (AvgIpc) is 2.47. The number of nitrogens with one attached hydrogen (secondary N) is 1. The van der Waals surface area contributed by atoms with Crippen LogP contribution in [0.15, 0.2) is 0 Å². The van der Waals surface area contributed by atoms with Crippen LogP contribution >= 0.6 is 0 Å². The quantitative estimate of drug-likeness (QED) is 0.554. The first-order valence-electron chi connectivity index (χ1n) is 5.28. The number of hydrogen-bond acceptors (Lipinski definition) is 5. The highest BCUT2D eigenvalue weighted by atomic mass is 16.5. The van der Waals surface area contributed by atoms with Crippen molar-refractivity contribution in [1.82, 2.24) is 5.32 Å². The van der Waals surface area contributed by atoms with Gasteiger partial charge in [-0.2, -0.15) is 0 Å². The summed E-state index contributed by atoms with van der Waals surface area (Å²) in [4.78, 5) is 11.2. The number of aliphatic hydroxyl groups excluding tert-OH is 2. The van der Waals surface area contributed by atoms with Crippen LogP contribution in [0, 0.1) is 0 Å². The van der Waals surface area contributed by atoms with Gasteiger partial charge in [0.05, 0.1) is 12.2 Å². The van der Waals surface area contributed by atoms with E-state index in [9.17, 15) is 15.0 Å². The molecule has 0 aliphatic carbocycles. The molecule has 0 aromatic rings. The van der Waals surface area contributed by atoms with Crippen molar-refractivity contribution in [3.8, 4) is 0 Å². The van der Waals surface area contributed by atoms with Crippen molar-refractivity contribution in [3.63, 3.8) is 0 Å². The lowest BCUT2D eigenvalue weighted by molar-refractivity contribution is -0.122. The van der Waals surface area contributed by atoms with E-state index in [1.807, 2.05) is 0 Å². The summed E-state index contributed by atoms with van der Waals surface area (Å²) in [6, 6.07) is 0. The van der Waals surface area contributed by atoms with Crippen molar-refractivity contribution in [3.05, 3.63) is 0 Å². The third kappa shape index (κ3) is 2.98. The summed E-state index contributed by atoms with van der Waals surface area (Å²) in [5, 5.41) is 22.1. The Hall–Kier alpha value is -0.490. The fraction of sp³-hybridized carbons (Fsp3) is 0.900. The SMILES string of the molecule is CCC(=O)C[C@@H]1O[C@H](CNC)C(O)C1O. The molecular formula is C10H19NO4. The minimum absolute atomic E-state index is 0.0383. The zero-order valence-electron chi connectivity index (χ0n) is 9.14. The molecule has 1 rings (SSSR count). The van der Waals surface area contributed by atoms with Gasteiger partial charge in [-0.15, -0.1) is 0 Å². The molecule has 88 valence electrons. The number of carbonyl (C=O) groups excluding carboxylic acids is 1. The van der Waals surface area contributed by atoms with Crippen molar-refractivity contribution in [2.45, 2.75) is 44.2 Å². The fourth-order valence-corrected chi connectivity index (χ4v) is 1.73. The van der Waals surface area contributed by atoms with Gasteiger partial charge in [-0.05, 0) is 7.05 Å². The van der Waals surface area contributed by atoms with Crippen LogP contribution in [0.25, 0.3) is 0 Å². The van der Waals surface area contributed by atoms with Gasteiger partial charge < -0.3 is 20.3 Å². The van der Waals surface area contributed by atoms with Crippen LogP contribution in [0.5, 0.6) is 0 Å². The molecule has 3 N–H and O–H groups in total. The van der Waals surface area contributed by atoms with Gasteiger partial charge in [-0.3, -0.25) is 4.79 Å². The zero-order valence-corrected chi connectivity index (χ0v) is 9.14. The van der Waals surface area contributed by atoms with E-state index in [1.54, 1.807) is 14.0 Å². The van der Waals surface area contributed by atoms with E-state index < -0.39 is 24.4 Å². The van der Waals surface area contributed by atoms with Crippen LogP contribution in [0.3, 0.4) is 0 Å². The first kappa shape index (κ1) is 12.6. The summed E-state index contributed by atoms with van der Waals surface area (Å²) >= 11 is 0. The Morgan fingerprint density at radius 3 is 2.47 bits per heavy atom. The van der Waals surface area contributed by atoms with E-state index >= 15 is 0 Å². The van der Waals surface area contributed by atoms with Gasteiger partial charge in [0, 0.05) is 19.4 Å². The molecule has 1 saturated heterocycles. The molecule has 2 unspecified atom stereocenters. The van der Waals surface area contributed by atoms with E-state index in [0.717, 1.165) is 0 Å². The van der Waals surface area contributed by atoms with Gasteiger partial charge in [0.1, 0.15) is 18.0 Å². The summed E-state index contributed by atoms with van der Waals surface area (Å²) in [5.74, 6) is 0.0383. The Kier molecular flexibility index (Phi) is 4.66. The van der Waals surface area contributed by atoms with Gasteiger partial charge in [0.15, 0.2) is 0 Å². The van der Waals surface area contributed by atoms with Crippen LogP contribution in [0.2, 0.25) is 0 Å². The number of ether oxygens (including phenoxy) is 1. The highest BCUT2D eigenvalue weighted by Gasteiger charge is 2.42. The minimum Gasteiger partial charge on any atom is -0.388 e. The first-order chi connectivity index (χ1) is 7.10. The van der Waals surface area contributed by atoms with E-state index in [4.69, 9.17) is 4.74 Å². The Morgan fingerprint density at radius 1 is 1.33 bits per heavy atom. The van der Waals surface area contributed by atoms with Crippen LogP contribution in [0.4, 0.5) is 0 Å².